The van der Waals surface area contributed by atoms with E-state index in [9.17, 15) is 4.79 Å². The summed E-state index contributed by atoms with van der Waals surface area (Å²) in [6.45, 7) is 2.62. The number of nitrogens with two attached hydrogens (primary N) is 1. The van der Waals surface area contributed by atoms with Gasteiger partial charge in [0.15, 0.2) is 0 Å². The number of amides is 1. The Labute approximate surface area is 133 Å². The molecule has 22 heavy (non-hydrogen) atoms. The number of thiazole rings is 1. The second-order valence-electron chi connectivity index (χ2n) is 4.64. The van der Waals surface area contributed by atoms with Gasteiger partial charge in [-0.25, -0.2) is 4.98 Å². The first-order chi connectivity index (χ1) is 10.6. The Morgan fingerprint density at radius 3 is 2.64 bits per heavy atom. The largest absolute Gasteiger partial charge is 0.497 e. The van der Waals surface area contributed by atoms with Gasteiger partial charge in [-0.3, -0.25) is 4.79 Å². The SMILES string of the molecule is COc1ccc(OC(C)CNC(=O)c2csc(CN)n2)cc1. The second kappa shape index (κ2) is 7.77. The zero-order valence-electron chi connectivity index (χ0n) is 12.5. The van der Waals surface area contributed by atoms with Gasteiger partial charge >= 0.3 is 0 Å². The normalized spacial score (nSPS) is 11.8. The molecular formula is C15H19N3O3S. The topological polar surface area (TPSA) is 86.5 Å². The summed E-state index contributed by atoms with van der Waals surface area (Å²) < 4.78 is 10.8. The molecule has 0 bridgehead atoms. The molecule has 118 valence electrons. The van der Waals surface area contributed by atoms with Crippen molar-refractivity contribution in [2.45, 2.75) is 19.6 Å². The van der Waals surface area contributed by atoms with Crippen molar-refractivity contribution in [2.75, 3.05) is 13.7 Å². The lowest BCUT2D eigenvalue weighted by Crippen LogP contribution is -2.33. The van der Waals surface area contributed by atoms with Crippen LogP contribution in [0.2, 0.25) is 0 Å². The molecule has 1 aromatic heterocycles. The van der Waals surface area contributed by atoms with Crippen molar-refractivity contribution in [3.8, 4) is 11.5 Å². The molecule has 2 rings (SSSR count). The fraction of sp³-hybridized carbons (Fsp3) is 0.333. The van der Waals surface area contributed by atoms with Crippen LogP contribution in [0.1, 0.15) is 22.4 Å². The molecule has 0 aliphatic rings. The lowest BCUT2D eigenvalue weighted by molar-refractivity contribution is 0.0928. The van der Waals surface area contributed by atoms with Crippen LogP contribution in [-0.2, 0) is 6.54 Å². The summed E-state index contributed by atoms with van der Waals surface area (Å²) >= 11 is 1.38. The monoisotopic (exact) mass is 321 g/mol. The van der Waals surface area contributed by atoms with E-state index in [2.05, 4.69) is 10.3 Å². The molecule has 0 saturated carbocycles. The van der Waals surface area contributed by atoms with E-state index in [1.54, 1.807) is 12.5 Å². The Morgan fingerprint density at radius 2 is 2.05 bits per heavy atom. The fourth-order valence-corrected chi connectivity index (χ4v) is 2.42. The molecule has 6 nitrogen and oxygen atoms in total. The average Bonchev–Trinajstić information content (AvgIpc) is 3.02. The molecule has 1 amide bonds. The minimum absolute atomic E-state index is 0.162. The number of hydrogen-bond donors (Lipinski definition) is 2. The molecule has 1 unspecified atom stereocenters. The number of hydrogen-bond acceptors (Lipinski definition) is 6. The summed E-state index contributed by atoms with van der Waals surface area (Å²) in [7, 11) is 1.61. The van der Waals surface area contributed by atoms with E-state index in [1.165, 1.54) is 11.3 Å². The second-order valence-corrected chi connectivity index (χ2v) is 5.59. The third-order valence-electron chi connectivity index (χ3n) is 2.91. The Hall–Kier alpha value is -2.12. The molecule has 0 aliphatic heterocycles. The van der Waals surface area contributed by atoms with Crippen LogP contribution in [0.25, 0.3) is 0 Å². The number of nitrogens with one attached hydrogen (secondary N) is 1. The maximum absolute atomic E-state index is 11.9. The van der Waals surface area contributed by atoms with Crippen molar-refractivity contribution in [2.24, 2.45) is 5.73 Å². The first kappa shape index (κ1) is 16.3. The Balaban J connectivity index is 1.81. The standard InChI is InChI=1S/C15H19N3O3S/c1-10(21-12-5-3-11(20-2)4-6-12)8-17-15(19)13-9-22-14(7-16)18-13/h3-6,9-10H,7-8,16H2,1-2H3,(H,17,19). The Kier molecular flexibility index (Phi) is 5.74. The number of methoxy groups -OCH3 is 1. The molecule has 7 heteroatoms. The van der Waals surface area contributed by atoms with E-state index in [4.69, 9.17) is 15.2 Å². The van der Waals surface area contributed by atoms with Crippen LogP contribution in [0.4, 0.5) is 0 Å². The number of aromatic nitrogens is 1. The highest BCUT2D eigenvalue weighted by Gasteiger charge is 2.12. The number of benzene rings is 1. The van der Waals surface area contributed by atoms with Gasteiger partial charge in [0.1, 0.15) is 28.3 Å². The molecule has 2 aromatic rings. The van der Waals surface area contributed by atoms with Crippen molar-refractivity contribution >= 4 is 17.2 Å². The molecule has 0 saturated heterocycles. The number of nitrogens with zero attached hydrogens (tertiary/aromatic N) is 1. The van der Waals surface area contributed by atoms with Crippen molar-refractivity contribution in [1.29, 1.82) is 0 Å². The fourth-order valence-electron chi connectivity index (χ4n) is 1.76. The molecule has 0 aliphatic carbocycles. The molecule has 0 radical (unpaired) electrons. The lowest BCUT2D eigenvalue weighted by Gasteiger charge is -2.15. The van der Waals surface area contributed by atoms with Gasteiger partial charge < -0.3 is 20.5 Å². The summed E-state index contributed by atoms with van der Waals surface area (Å²) in [5.41, 5.74) is 5.87. The van der Waals surface area contributed by atoms with E-state index in [0.29, 0.717) is 18.8 Å². The maximum atomic E-state index is 11.9. The van der Waals surface area contributed by atoms with E-state index >= 15 is 0 Å². The summed E-state index contributed by atoms with van der Waals surface area (Å²) in [4.78, 5) is 16.1. The first-order valence-electron chi connectivity index (χ1n) is 6.85. The van der Waals surface area contributed by atoms with Gasteiger partial charge in [-0.15, -0.1) is 11.3 Å². The average molecular weight is 321 g/mol. The first-order valence-corrected chi connectivity index (χ1v) is 7.73. The molecule has 3 N–H and O–H groups in total. The lowest BCUT2D eigenvalue weighted by atomic mass is 10.3. The van der Waals surface area contributed by atoms with Gasteiger partial charge in [-0.1, -0.05) is 0 Å². The Morgan fingerprint density at radius 1 is 1.36 bits per heavy atom. The van der Waals surface area contributed by atoms with Gasteiger partial charge in [0, 0.05) is 11.9 Å². The number of rotatable bonds is 7. The molecule has 0 fully saturated rings. The Bertz CT molecular complexity index is 613. The molecule has 1 atom stereocenters. The minimum Gasteiger partial charge on any atom is -0.497 e. The van der Waals surface area contributed by atoms with Crippen molar-refractivity contribution in [3.05, 3.63) is 40.3 Å². The van der Waals surface area contributed by atoms with Gasteiger partial charge in [0.05, 0.1) is 13.7 Å². The summed E-state index contributed by atoms with van der Waals surface area (Å²) in [5.74, 6) is 1.27. The smallest absolute Gasteiger partial charge is 0.270 e. The number of ether oxygens (including phenoxy) is 2. The van der Waals surface area contributed by atoms with Crippen LogP contribution >= 0.6 is 11.3 Å². The van der Waals surface area contributed by atoms with Crippen LogP contribution in [0.3, 0.4) is 0 Å². The van der Waals surface area contributed by atoms with Crippen LogP contribution in [0.15, 0.2) is 29.6 Å². The predicted molar refractivity (Wildman–Crippen MR) is 85.4 cm³/mol. The number of carbonyl (C=O) groups is 1. The van der Waals surface area contributed by atoms with Gasteiger partial charge in [-0.05, 0) is 31.2 Å². The van der Waals surface area contributed by atoms with E-state index in [0.717, 1.165) is 16.5 Å². The third-order valence-corrected chi connectivity index (χ3v) is 3.78. The van der Waals surface area contributed by atoms with Crippen LogP contribution < -0.4 is 20.5 Å². The third kappa shape index (κ3) is 4.44. The van der Waals surface area contributed by atoms with Gasteiger partial charge in [-0.2, -0.15) is 0 Å². The molecule has 1 heterocycles. The molecular weight excluding hydrogens is 302 g/mol. The molecule has 0 spiro atoms. The quantitative estimate of drug-likeness (QED) is 0.812. The summed E-state index contributed by atoms with van der Waals surface area (Å²) in [6.07, 6.45) is -0.162. The minimum atomic E-state index is -0.221. The summed E-state index contributed by atoms with van der Waals surface area (Å²) in [5, 5.41) is 5.24. The van der Waals surface area contributed by atoms with Crippen LogP contribution in [0, 0.1) is 0 Å². The van der Waals surface area contributed by atoms with Crippen LogP contribution in [-0.4, -0.2) is 30.6 Å². The maximum Gasteiger partial charge on any atom is 0.270 e. The van der Waals surface area contributed by atoms with Gasteiger partial charge in [0.25, 0.3) is 5.91 Å². The van der Waals surface area contributed by atoms with E-state index in [1.807, 2.05) is 31.2 Å². The highest BCUT2D eigenvalue weighted by molar-refractivity contribution is 7.09. The summed E-state index contributed by atoms with van der Waals surface area (Å²) in [6, 6.07) is 7.30. The van der Waals surface area contributed by atoms with Crippen molar-refractivity contribution < 1.29 is 14.3 Å². The van der Waals surface area contributed by atoms with E-state index in [-0.39, 0.29) is 12.0 Å². The van der Waals surface area contributed by atoms with Gasteiger partial charge in [0.2, 0.25) is 0 Å². The van der Waals surface area contributed by atoms with Crippen molar-refractivity contribution in [3.63, 3.8) is 0 Å². The highest BCUT2D eigenvalue weighted by atomic mass is 32.1. The van der Waals surface area contributed by atoms with E-state index < -0.39 is 0 Å². The predicted octanol–water partition coefficient (Wildman–Crippen LogP) is 1.81. The van der Waals surface area contributed by atoms with Crippen molar-refractivity contribution in [1.82, 2.24) is 10.3 Å². The zero-order valence-corrected chi connectivity index (χ0v) is 13.4. The zero-order chi connectivity index (χ0) is 15.9. The highest BCUT2D eigenvalue weighted by Crippen LogP contribution is 2.18. The number of carbonyl (C=O) groups excluding carboxylic acids is 1. The molecule has 1 aromatic carbocycles. The van der Waals surface area contributed by atoms with Crippen LogP contribution in [0.5, 0.6) is 11.5 Å².